The molecule has 8 atom stereocenters. The largest absolute Gasteiger partial charge is 0.0527 e. The van der Waals surface area contributed by atoms with Crippen molar-refractivity contribution in [2.45, 2.75) is 44.9 Å². The summed E-state index contributed by atoms with van der Waals surface area (Å²) in [5.41, 5.74) is 0. The highest BCUT2D eigenvalue weighted by molar-refractivity contribution is 5.14. The second-order valence-corrected chi connectivity index (χ2v) is 7.31. The molecule has 0 heterocycles. The maximum Gasteiger partial charge on any atom is -0.0321 e. The van der Waals surface area contributed by atoms with Crippen LogP contribution in [0.5, 0.6) is 0 Å². The van der Waals surface area contributed by atoms with E-state index in [-0.39, 0.29) is 0 Å². The summed E-state index contributed by atoms with van der Waals surface area (Å²) < 4.78 is 0. The molecule has 0 aromatic carbocycles. The molecule has 0 amide bonds. The third-order valence-electron chi connectivity index (χ3n) is 7.30. The Bertz CT molecular complexity index is 279. The standard InChI is InChI=1S/C15H22/c1-2-10-11(3-1)13-7-12(10)14-8-4-5-9(6-8)15(13)14/h8-15H,1-7H2/t8-,9+,10+,11-,12-,13+,14?,15?. The molecule has 0 aromatic heterocycles. The number of rotatable bonds is 0. The van der Waals surface area contributed by atoms with E-state index in [1.54, 1.807) is 44.9 Å². The first-order chi connectivity index (χ1) is 7.43. The minimum Gasteiger partial charge on any atom is -0.0527 e. The molecule has 5 saturated carbocycles. The molecule has 0 aliphatic heterocycles. The third-order valence-corrected chi connectivity index (χ3v) is 7.30. The molecular weight excluding hydrogens is 180 g/mol. The van der Waals surface area contributed by atoms with Gasteiger partial charge in [0, 0.05) is 0 Å². The molecule has 5 fully saturated rings. The van der Waals surface area contributed by atoms with E-state index in [1.807, 2.05) is 0 Å². The van der Waals surface area contributed by atoms with Crippen LogP contribution in [0.2, 0.25) is 0 Å². The SMILES string of the molecule is C1C[C@@H]2[C@H](C1)[C@H]1C[C@@H]2C2C1[C@@H]1CC[C@H]2C1. The van der Waals surface area contributed by atoms with E-state index in [1.165, 1.54) is 47.3 Å². The lowest BCUT2D eigenvalue weighted by Gasteiger charge is -2.40. The summed E-state index contributed by atoms with van der Waals surface area (Å²) >= 11 is 0. The van der Waals surface area contributed by atoms with Gasteiger partial charge in [-0.3, -0.25) is 0 Å². The Labute approximate surface area is 92.8 Å². The molecule has 0 aromatic rings. The molecule has 5 rings (SSSR count). The average molecular weight is 202 g/mol. The first-order valence-electron chi connectivity index (χ1n) is 7.43. The van der Waals surface area contributed by atoms with Crippen molar-refractivity contribution in [2.75, 3.05) is 0 Å². The Kier molecular flexibility index (Phi) is 1.34. The second-order valence-electron chi connectivity index (χ2n) is 7.31. The predicted octanol–water partition coefficient (Wildman–Crippen LogP) is 3.71. The van der Waals surface area contributed by atoms with Crippen molar-refractivity contribution in [3.63, 3.8) is 0 Å². The van der Waals surface area contributed by atoms with E-state index >= 15 is 0 Å². The van der Waals surface area contributed by atoms with Crippen LogP contribution in [0.25, 0.3) is 0 Å². The van der Waals surface area contributed by atoms with E-state index in [2.05, 4.69) is 0 Å². The predicted molar refractivity (Wildman–Crippen MR) is 60.2 cm³/mol. The summed E-state index contributed by atoms with van der Waals surface area (Å²) in [4.78, 5) is 0. The van der Waals surface area contributed by atoms with Crippen LogP contribution in [0.3, 0.4) is 0 Å². The van der Waals surface area contributed by atoms with E-state index in [0.717, 1.165) is 0 Å². The van der Waals surface area contributed by atoms with Gasteiger partial charge in [-0.15, -0.1) is 0 Å². The van der Waals surface area contributed by atoms with Crippen molar-refractivity contribution in [1.29, 1.82) is 0 Å². The molecule has 82 valence electrons. The lowest BCUT2D eigenvalue weighted by molar-refractivity contribution is 0.0716. The van der Waals surface area contributed by atoms with Gasteiger partial charge in [0.05, 0.1) is 0 Å². The summed E-state index contributed by atoms with van der Waals surface area (Å²) in [6.07, 6.45) is 11.4. The molecular formula is C15H22. The fourth-order valence-corrected chi connectivity index (χ4v) is 7.28. The molecule has 15 heavy (non-hydrogen) atoms. The van der Waals surface area contributed by atoms with E-state index in [4.69, 9.17) is 0 Å². The molecule has 0 spiro atoms. The maximum atomic E-state index is 1.68. The van der Waals surface area contributed by atoms with Gasteiger partial charge in [-0.05, 0) is 85.9 Å². The summed E-state index contributed by atoms with van der Waals surface area (Å²) in [6, 6.07) is 0. The van der Waals surface area contributed by atoms with Gasteiger partial charge in [-0.2, -0.15) is 0 Å². The minimum absolute atomic E-state index is 1.21. The zero-order valence-electron chi connectivity index (χ0n) is 9.57. The normalized spacial score (nSPS) is 68.8. The first kappa shape index (κ1) is 8.14. The second kappa shape index (κ2) is 2.46. The van der Waals surface area contributed by atoms with Crippen LogP contribution in [0.15, 0.2) is 0 Å². The molecule has 0 saturated heterocycles. The number of hydrogen-bond acceptors (Lipinski definition) is 0. The first-order valence-corrected chi connectivity index (χ1v) is 7.43. The molecule has 5 aliphatic rings. The van der Waals surface area contributed by atoms with Crippen LogP contribution in [0.4, 0.5) is 0 Å². The molecule has 5 aliphatic carbocycles. The van der Waals surface area contributed by atoms with Gasteiger partial charge in [-0.25, -0.2) is 0 Å². The van der Waals surface area contributed by atoms with Crippen LogP contribution in [0, 0.1) is 47.3 Å². The summed E-state index contributed by atoms with van der Waals surface area (Å²) in [6.45, 7) is 0. The number of hydrogen-bond donors (Lipinski definition) is 0. The minimum atomic E-state index is 1.21. The highest BCUT2D eigenvalue weighted by Crippen LogP contribution is 2.72. The van der Waals surface area contributed by atoms with Gasteiger partial charge in [0.2, 0.25) is 0 Å². The third kappa shape index (κ3) is 0.775. The molecule has 2 unspecified atom stereocenters. The van der Waals surface area contributed by atoms with E-state index in [9.17, 15) is 0 Å². The van der Waals surface area contributed by atoms with Gasteiger partial charge in [0.1, 0.15) is 0 Å². The van der Waals surface area contributed by atoms with Gasteiger partial charge in [-0.1, -0.05) is 6.42 Å². The average Bonchev–Trinajstić information content (AvgIpc) is 3.03. The van der Waals surface area contributed by atoms with Gasteiger partial charge >= 0.3 is 0 Å². The lowest BCUT2D eigenvalue weighted by Crippen LogP contribution is -2.35. The Hall–Kier alpha value is 0. The van der Waals surface area contributed by atoms with Crippen molar-refractivity contribution in [1.82, 2.24) is 0 Å². The molecule has 0 radical (unpaired) electrons. The molecule has 4 bridgehead atoms. The van der Waals surface area contributed by atoms with E-state index < -0.39 is 0 Å². The van der Waals surface area contributed by atoms with Crippen molar-refractivity contribution in [3.8, 4) is 0 Å². The van der Waals surface area contributed by atoms with Crippen LogP contribution in [-0.2, 0) is 0 Å². The lowest BCUT2D eigenvalue weighted by atomic mass is 9.64. The topological polar surface area (TPSA) is 0 Å². The summed E-state index contributed by atoms with van der Waals surface area (Å²) in [5, 5.41) is 0. The Morgan fingerprint density at radius 1 is 0.533 bits per heavy atom. The summed E-state index contributed by atoms with van der Waals surface area (Å²) in [5.74, 6) is 9.78. The zero-order valence-corrected chi connectivity index (χ0v) is 9.57. The van der Waals surface area contributed by atoms with Crippen molar-refractivity contribution in [3.05, 3.63) is 0 Å². The van der Waals surface area contributed by atoms with Crippen LogP contribution in [-0.4, -0.2) is 0 Å². The van der Waals surface area contributed by atoms with Crippen LogP contribution < -0.4 is 0 Å². The molecule has 0 N–H and O–H groups in total. The Balaban J connectivity index is 1.59. The Morgan fingerprint density at radius 3 is 1.73 bits per heavy atom. The van der Waals surface area contributed by atoms with Gasteiger partial charge in [0.15, 0.2) is 0 Å². The fourth-order valence-electron chi connectivity index (χ4n) is 7.28. The van der Waals surface area contributed by atoms with Gasteiger partial charge in [0.25, 0.3) is 0 Å². The van der Waals surface area contributed by atoms with Crippen LogP contribution >= 0.6 is 0 Å². The highest BCUT2D eigenvalue weighted by Gasteiger charge is 2.65. The van der Waals surface area contributed by atoms with Gasteiger partial charge < -0.3 is 0 Å². The van der Waals surface area contributed by atoms with Crippen LogP contribution in [0.1, 0.15) is 44.9 Å². The van der Waals surface area contributed by atoms with Crippen molar-refractivity contribution >= 4 is 0 Å². The highest BCUT2D eigenvalue weighted by atomic mass is 14.7. The van der Waals surface area contributed by atoms with Crippen molar-refractivity contribution in [2.24, 2.45) is 47.3 Å². The van der Waals surface area contributed by atoms with Crippen molar-refractivity contribution < 1.29 is 0 Å². The number of fused-ring (bicyclic) bond motifs is 12. The molecule has 0 heteroatoms. The smallest absolute Gasteiger partial charge is 0.0321 e. The molecule has 0 nitrogen and oxygen atoms in total. The van der Waals surface area contributed by atoms with E-state index in [0.29, 0.717) is 0 Å². The quantitative estimate of drug-likeness (QED) is 0.525. The Morgan fingerprint density at radius 2 is 1.13 bits per heavy atom. The monoisotopic (exact) mass is 202 g/mol. The fraction of sp³-hybridized carbons (Fsp3) is 1.00. The maximum absolute atomic E-state index is 1.68. The zero-order chi connectivity index (χ0) is 9.57. The summed E-state index contributed by atoms with van der Waals surface area (Å²) in [7, 11) is 0.